The van der Waals surface area contributed by atoms with Crippen LogP contribution in [0.1, 0.15) is 42.6 Å². The number of anilines is 1. The largest absolute Gasteiger partial charge is 0.461 e. The van der Waals surface area contributed by atoms with Crippen molar-refractivity contribution in [3.63, 3.8) is 0 Å². The number of nitrogens with zero attached hydrogens (tertiary/aromatic N) is 1. The molecule has 2 atom stereocenters. The number of aromatic nitrogens is 1. The highest BCUT2D eigenvalue weighted by Crippen LogP contribution is 2.47. The van der Waals surface area contributed by atoms with Gasteiger partial charge >= 0.3 is 5.97 Å². The Morgan fingerprint density at radius 2 is 2.40 bits per heavy atom. The van der Waals surface area contributed by atoms with Crippen LogP contribution in [0.5, 0.6) is 0 Å². The summed E-state index contributed by atoms with van der Waals surface area (Å²) >= 11 is 0. The minimum absolute atomic E-state index is 0.0579. The van der Waals surface area contributed by atoms with E-state index in [1.807, 2.05) is 0 Å². The Bertz CT molecular complexity index is 386. The highest BCUT2D eigenvalue weighted by Gasteiger charge is 2.39. The summed E-state index contributed by atoms with van der Waals surface area (Å²) in [5.41, 5.74) is 5.66. The van der Waals surface area contributed by atoms with Gasteiger partial charge in [0.2, 0.25) is 17.5 Å². The van der Waals surface area contributed by atoms with Crippen molar-refractivity contribution in [2.45, 2.75) is 26.2 Å². The number of carbonyl (C=O) groups excluding carboxylic acids is 1. The molecule has 2 N–H and O–H groups in total. The molecule has 0 amide bonds. The average molecular weight is 210 g/mol. The van der Waals surface area contributed by atoms with Crippen molar-refractivity contribution in [1.29, 1.82) is 0 Å². The molecule has 1 saturated carbocycles. The molecule has 0 spiro atoms. The van der Waals surface area contributed by atoms with Gasteiger partial charge in [0.15, 0.2) is 0 Å². The number of nitrogen functional groups attached to an aromatic ring is 1. The van der Waals surface area contributed by atoms with Crippen molar-refractivity contribution < 1.29 is 13.9 Å². The van der Waals surface area contributed by atoms with Gasteiger partial charge < -0.3 is 14.9 Å². The number of oxazole rings is 1. The van der Waals surface area contributed by atoms with E-state index in [1.54, 1.807) is 6.92 Å². The molecule has 2 rings (SSSR count). The lowest BCUT2D eigenvalue weighted by molar-refractivity contribution is 0.0521. The van der Waals surface area contributed by atoms with Gasteiger partial charge in [-0.1, -0.05) is 6.92 Å². The van der Waals surface area contributed by atoms with Gasteiger partial charge in [0.1, 0.15) is 0 Å². The molecular formula is C10H14N2O3. The summed E-state index contributed by atoms with van der Waals surface area (Å²) in [5.74, 6) is 0.984. The zero-order valence-corrected chi connectivity index (χ0v) is 8.82. The van der Waals surface area contributed by atoms with E-state index in [9.17, 15) is 4.79 Å². The molecule has 0 bridgehead atoms. The summed E-state index contributed by atoms with van der Waals surface area (Å²) in [6, 6.07) is 0. The van der Waals surface area contributed by atoms with E-state index in [1.165, 1.54) is 0 Å². The Labute approximate surface area is 87.6 Å². The van der Waals surface area contributed by atoms with Gasteiger partial charge in [-0.2, -0.15) is 0 Å². The molecule has 1 heterocycles. The minimum Gasteiger partial charge on any atom is -0.461 e. The van der Waals surface area contributed by atoms with Gasteiger partial charge in [-0.15, -0.1) is 0 Å². The van der Waals surface area contributed by atoms with Crippen LogP contribution in [0.2, 0.25) is 0 Å². The van der Waals surface area contributed by atoms with Crippen molar-refractivity contribution in [3.8, 4) is 0 Å². The molecule has 1 aliphatic rings. The van der Waals surface area contributed by atoms with Crippen LogP contribution in [-0.2, 0) is 4.74 Å². The van der Waals surface area contributed by atoms with Gasteiger partial charge in [0.25, 0.3) is 0 Å². The van der Waals surface area contributed by atoms with Crippen molar-refractivity contribution in [2.75, 3.05) is 12.3 Å². The maximum absolute atomic E-state index is 11.4. The van der Waals surface area contributed by atoms with Crippen LogP contribution in [-0.4, -0.2) is 17.6 Å². The SMILES string of the molecule is CCOC(=O)c1nc(C2CC2C)oc1N. The van der Waals surface area contributed by atoms with Crippen LogP contribution >= 0.6 is 0 Å². The molecule has 5 heteroatoms. The zero-order chi connectivity index (χ0) is 11.0. The van der Waals surface area contributed by atoms with Gasteiger partial charge in [0, 0.05) is 5.92 Å². The summed E-state index contributed by atoms with van der Waals surface area (Å²) < 4.78 is 10.0. The number of nitrogens with two attached hydrogens (primary N) is 1. The second-order valence-electron chi connectivity index (χ2n) is 3.80. The fraction of sp³-hybridized carbons (Fsp3) is 0.600. The topological polar surface area (TPSA) is 78.3 Å². The van der Waals surface area contributed by atoms with E-state index in [2.05, 4.69) is 11.9 Å². The Morgan fingerprint density at radius 1 is 1.73 bits per heavy atom. The zero-order valence-electron chi connectivity index (χ0n) is 8.82. The van der Waals surface area contributed by atoms with E-state index in [0.29, 0.717) is 24.3 Å². The standard InChI is InChI=1S/C10H14N2O3/c1-3-14-10(13)7-8(11)15-9(12-7)6-4-5(6)2/h5-6H,3-4,11H2,1-2H3. The van der Waals surface area contributed by atoms with E-state index < -0.39 is 5.97 Å². The molecule has 15 heavy (non-hydrogen) atoms. The first-order valence-electron chi connectivity index (χ1n) is 5.06. The molecule has 1 aromatic heterocycles. The number of rotatable bonds is 3. The van der Waals surface area contributed by atoms with Crippen LogP contribution in [0.15, 0.2) is 4.42 Å². The second-order valence-corrected chi connectivity index (χ2v) is 3.80. The maximum Gasteiger partial charge on any atom is 0.362 e. The summed E-state index contributed by atoms with van der Waals surface area (Å²) in [7, 11) is 0. The Morgan fingerprint density at radius 3 is 2.93 bits per heavy atom. The third kappa shape index (κ3) is 1.82. The van der Waals surface area contributed by atoms with E-state index in [-0.39, 0.29) is 11.6 Å². The van der Waals surface area contributed by atoms with Crippen molar-refractivity contribution in [3.05, 3.63) is 11.6 Å². The molecule has 5 nitrogen and oxygen atoms in total. The second kappa shape index (κ2) is 3.56. The third-order valence-corrected chi connectivity index (χ3v) is 2.57. The summed E-state index contributed by atoms with van der Waals surface area (Å²) in [4.78, 5) is 15.5. The molecule has 0 aliphatic heterocycles. The van der Waals surface area contributed by atoms with Gasteiger partial charge in [-0.05, 0) is 19.3 Å². The average Bonchev–Trinajstić information content (AvgIpc) is 2.76. The van der Waals surface area contributed by atoms with Crippen molar-refractivity contribution >= 4 is 11.9 Å². The van der Waals surface area contributed by atoms with Crippen molar-refractivity contribution in [2.24, 2.45) is 5.92 Å². The molecule has 0 aromatic carbocycles. The van der Waals surface area contributed by atoms with E-state index >= 15 is 0 Å². The van der Waals surface area contributed by atoms with Crippen LogP contribution in [0, 0.1) is 5.92 Å². The molecular weight excluding hydrogens is 196 g/mol. The molecule has 1 fully saturated rings. The number of ether oxygens (including phenoxy) is 1. The lowest BCUT2D eigenvalue weighted by Crippen LogP contribution is -2.07. The Hall–Kier alpha value is -1.52. The number of carbonyl (C=O) groups is 1. The summed E-state index contributed by atoms with van der Waals surface area (Å²) in [5, 5.41) is 0. The maximum atomic E-state index is 11.4. The van der Waals surface area contributed by atoms with Gasteiger partial charge in [-0.25, -0.2) is 9.78 Å². The minimum atomic E-state index is -0.515. The predicted octanol–water partition coefficient (Wildman–Crippen LogP) is 1.56. The fourth-order valence-corrected chi connectivity index (χ4v) is 1.52. The monoisotopic (exact) mass is 210 g/mol. The number of esters is 1. The summed E-state index contributed by atoms with van der Waals surface area (Å²) in [6.45, 7) is 4.15. The summed E-state index contributed by atoms with van der Waals surface area (Å²) in [6.07, 6.45) is 1.04. The van der Waals surface area contributed by atoms with Crippen LogP contribution < -0.4 is 5.73 Å². The molecule has 1 aliphatic carbocycles. The third-order valence-electron chi connectivity index (χ3n) is 2.57. The van der Waals surface area contributed by atoms with Gasteiger partial charge in [-0.3, -0.25) is 0 Å². The first-order chi connectivity index (χ1) is 7.13. The van der Waals surface area contributed by atoms with Gasteiger partial charge in [0.05, 0.1) is 6.61 Å². The predicted molar refractivity (Wildman–Crippen MR) is 53.4 cm³/mol. The fourth-order valence-electron chi connectivity index (χ4n) is 1.52. The lowest BCUT2D eigenvalue weighted by Gasteiger charge is -1.96. The van der Waals surface area contributed by atoms with E-state index in [0.717, 1.165) is 6.42 Å². The molecule has 0 radical (unpaired) electrons. The first kappa shape index (κ1) is 10.0. The van der Waals surface area contributed by atoms with Crippen LogP contribution in [0.4, 0.5) is 5.88 Å². The Balaban J connectivity index is 2.18. The number of hydrogen-bond acceptors (Lipinski definition) is 5. The normalized spacial score (nSPS) is 23.9. The lowest BCUT2D eigenvalue weighted by atomic mass is 10.3. The van der Waals surface area contributed by atoms with Crippen LogP contribution in [0.25, 0.3) is 0 Å². The Kier molecular flexibility index (Phi) is 2.38. The molecule has 2 unspecified atom stereocenters. The van der Waals surface area contributed by atoms with Crippen LogP contribution in [0.3, 0.4) is 0 Å². The number of hydrogen-bond donors (Lipinski definition) is 1. The smallest absolute Gasteiger partial charge is 0.362 e. The highest BCUT2D eigenvalue weighted by molar-refractivity contribution is 5.91. The van der Waals surface area contributed by atoms with Crippen molar-refractivity contribution in [1.82, 2.24) is 4.98 Å². The van der Waals surface area contributed by atoms with E-state index in [4.69, 9.17) is 14.9 Å². The molecule has 1 aromatic rings. The quantitative estimate of drug-likeness (QED) is 0.766. The highest BCUT2D eigenvalue weighted by atomic mass is 16.5. The molecule has 0 saturated heterocycles. The first-order valence-corrected chi connectivity index (χ1v) is 5.06. The molecule has 82 valence electrons.